The molecule has 18 heavy (non-hydrogen) atoms. The maximum absolute atomic E-state index is 6.24. The van der Waals surface area contributed by atoms with E-state index in [9.17, 15) is 0 Å². The van der Waals surface area contributed by atoms with Crippen molar-refractivity contribution in [3.05, 3.63) is 41.0 Å². The van der Waals surface area contributed by atoms with E-state index >= 15 is 0 Å². The third-order valence-corrected chi connectivity index (χ3v) is 3.53. The van der Waals surface area contributed by atoms with Crippen molar-refractivity contribution in [1.29, 1.82) is 0 Å². The second-order valence-corrected chi connectivity index (χ2v) is 4.89. The second kappa shape index (κ2) is 5.22. The number of benzene rings is 1. The first-order valence-electron chi connectivity index (χ1n) is 6.19. The average Bonchev–Trinajstić information content (AvgIpc) is 2.41. The molecule has 4 heteroatoms. The molecule has 2 heterocycles. The molecule has 0 saturated carbocycles. The van der Waals surface area contributed by atoms with Gasteiger partial charge in [-0.05, 0) is 17.7 Å². The molecular weight excluding hydrogens is 248 g/mol. The largest absolute Gasteiger partial charge is 0.375 e. The van der Waals surface area contributed by atoms with Gasteiger partial charge in [-0.2, -0.15) is 0 Å². The van der Waals surface area contributed by atoms with Crippen LogP contribution in [-0.4, -0.2) is 30.8 Å². The van der Waals surface area contributed by atoms with Gasteiger partial charge in [-0.1, -0.05) is 29.8 Å². The number of fused-ring (bicyclic) bond motifs is 1. The van der Waals surface area contributed by atoms with Crippen molar-refractivity contribution >= 4 is 22.5 Å². The van der Waals surface area contributed by atoms with Crippen LogP contribution in [0.2, 0.25) is 5.15 Å². The van der Waals surface area contributed by atoms with Crippen molar-refractivity contribution < 1.29 is 4.74 Å². The van der Waals surface area contributed by atoms with Gasteiger partial charge in [-0.25, -0.2) is 4.98 Å². The summed E-state index contributed by atoms with van der Waals surface area (Å²) in [7, 11) is 0. The number of ether oxygens (including phenoxy) is 1. The maximum atomic E-state index is 6.24. The highest BCUT2D eigenvalue weighted by Gasteiger charge is 2.16. The molecule has 1 aliphatic heterocycles. The summed E-state index contributed by atoms with van der Waals surface area (Å²) in [5.74, 6) is 0. The summed E-state index contributed by atoms with van der Waals surface area (Å²) < 4.78 is 5.70. The van der Waals surface area contributed by atoms with Crippen molar-refractivity contribution in [3.8, 4) is 0 Å². The van der Waals surface area contributed by atoms with Gasteiger partial charge in [-0.15, -0.1) is 0 Å². The number of halogens is 1. The number of hydrogen-bond donors (Lipinski definition) is 1. The summed E-state index contributed by atoms with van der Waals surface area (Å²) in [6.07, 6.45) is 1.00. The monoisotopic (exact) mass is 262 g/mol. The highest BCUT2D eigenvalue weighted by molar-refractivity contribution is 6.30. The molecule has 3 nitrogen and oxygen atoms in total. The van der Waals surface area contributed by atoms with E-state index < -0.39 is 0 Å². The normalized spacial score (nSPS) is 20.2. The molecule has 0 spiro atoms. The number of nitrogens with one attached hydrogen (secondary N) is 1. The highest BCUT2D eigenvalue weighted by Crippen LogP contribution is 2.22. The predicted molar refractivity (Wildman–Crippen MR) is 73.1 cm³/mol. The molecule has 1 aromatic carbocycles. The summed E-state index contributed by atoms with van der Waals surface area (Å²) in [5.41, 5.74) is 2.00. The molecule has 1 aliphatic rings. The standard InChI is InChI=1S/C14H15ClN2O/c15-14-11(8-12-9-16-5-6-18-12)7-10-3-1-2-4-13(10)17-14/h1-4,7,12,16H,5-6,8-9H2. The van der Waals surface area contributed by atoms with Crippen LogP contribution in [0.25, 0.3) is 10.9 Å². The third kappa shape index (κ3) is 2.48. The molecule has 94 valence electrons. The predicted octanol–water partition coefficient (Wildman–Crippen LogP) is 2.42. The van der Waals surface area contributed by atoms with Crippen LogP contribution in [0.1, 0.15) is 5.56 Å². The summed E-state index contributed by atoms with van der Waals surface area (Å²) in [6, 6.07) is 10.1. The van der Waals surface area contributed by atoms with Gasteiger partial charge in [0.25, 0.3) is 0 Å². The van der Waals surface area contributed by atoms with E-state index in [1.807, 2.05) is 18.2 Å². The van der Waals surface area contributed by atoms with Crippen LogP contribution in [0, 0.1) is 0 Å². The lowest BCUT2D eigenvalue weighted by molar-refractivity contribution is 0.0292. The molecule has 1 N–H and O–H groups in total. The number of aromatic nitrogens is 1. The van der Waals surface area contributed by atoms with Crippen LogP contribution in [-0.2, 0) is 11.2 Å². The van der Waals surface area contributed by atoms with Gasteiger partial charge in [-0.3, -0.25) is 0 Å². The van der Waals surface area contributed by atoms with Gasteiger partial charge in [0.1, 0.15) is 5.15 Å². The first-order chi connectivity index (χ1) is 8.83. The van der Waals surface area contributed by atoms with Crippen LogP contribution in [0.3, 0.4) is 0 Å². The molecular formula is C14H15ClN2O. The fraction of sp³-hybridized carbons (Fsp3) is 0.357. The van der Waals surface area contributed by atoms with Crippen molar-refractivity contribution in [3.63, 3.8) is 0 Å². The van der Waals surface area contributed by atoms with Crippen LogP contribution in [0.4, 0.5) is 0 Å². The smallest absolute Gasteiger partial charge is 0.133 e. The van der Waals surface area contributed by atoms with Crippen LogP contribution in [0.15, 0.2) is 30.3 Å². The Hall–Kier alpha value is -1.16. The molecule has 2 aromatic rings. The zero-order valence-electron chi connectivity index (χ0n) is 10.0. The first kappa shape index (κ1) is 11.9. The number of para-hydroxylation sites is 1. The van der Waals surface area contributed by atoms with Gasteiger partial charge in [0.2, 0.25) is 0 Å². The first-order valence-corrected chi connectivity index (χ1v) is 6.57. The molecule has 1 fully saturated rings. The number of morpholine rings is 1. The van der Waals surface area contributed by atoms with Gasteiger partial charge < -0.3 is 10.1 Å². The fourth-order valence-corrected chi connectivity index (χ4v) is 2.50. The summed E-state index contributed by atoms with van der Waals surface area (Å²) in [6.45, 7) is 2.58. The maximum Gasteiger partial charge on any atom is 0.133 e. The van der Waals surface area contributed by atoms with Gasteiger partial charge in [0, 0.05) is 24.9 Å². The van der Waals surface area contributed by atoms with E-state index in [0.29, 0.717) is 5.15 Å². The lowest BCUT2D eigenvalue weighted by Crippen LogP contribution is -2.39. The van der Waals surface area contributed by atoms with Gasteiger partial charge in [0.15, 0.2) is 0 Å². The molecule has 1 saturated heterocycles. The lowest BCUT2D eigenvalue weighted by atomic mass is 10.1. The quantitative estimate of drug-likeness (QED) is 0.844. The number of hydrogen-bond acceptors (Lipinski definition) is 3. The van der Waals surface area contributed by atoms with Crippen molar-refractivity contribution in [1.82, 2.24) is 10.3 Å². The topological polar surface area (TPSA) is 34.2 Å². The Morgan fingerprint density at radius 1 is 1.39 bits per heavy atom. The Kier molecular flexibility index (Phi) is 3.46. The molecule has 0 bridgehead atoms. The highest BCUT2D eigenvalue weighted by atomic mass is 35.5. The molecule has 1 aromatic heterocycles. The van der Waals surface area contributed by atoms with E-state index in [-0.39, 0.29) is 6.10 Å². The molecule has 1 atom stereocenters. The Morgan fingerprint density at radius 3 is 3.11 bits per heavy atom. The number of nitrogens with zero attached hydrogens (tertiary/aromatic N) is 1. The minimum atomic E-state index is 0.194. The van der Waals surface area contributed by atoms with Crippen LogP contribution < -0.4 is 5.32 Å². The lowest BCUT2D eigenvalue weighted by Gasteiger charge is -2.23. The zero-order chi connectivity index (χ0) is 12.4. The van der Waals surface area contributed by atoms with E-state index in [1.54, 1.807) is 0 Å². The number of pyridine rings is 1. The Bertz CT molecular complexity index is 552. The average molecular weight is 263 g/mol. The van der Waals surface area contributed by atoms with E-state index in [0.717, 1.165) is 42.6 Å². The Morgan fingerprint density at radius 2 is 2.28 bits per heavy atom. The summed E-state index contributed by atoms with van der Waals surface area (Å²) in [4.78, 5) is 4.43. The molecule has 0 aliphatic carbocycles. The minimum Gasteiger partial charge on any atom is -0.375 e. The number of rotatable bonds is 2. The minimum absolute atomic E-state index is 0.194. The molecule has 3 rings (SSSR count). The van der Waals surface area contributed by atoms with Crippen LogP contribution >= 0.6 is 11.6 Å². The summed E-state index contributed by atoms with van der Waals surface area (Å²) in [5, 5.41) is 5.03. The Labute approximate surface area is 111 Å². The third-order valence-electron chi connectivity index (χ3n) is 3.20. The van der Waals surface area contributed by atoms with Crippen molar-refractivity contribution in [2.45, 2.75) is 12.5 Å². The second-order valence-electron chi connectivity index (χ2n) is 4.53. The molecule has 0 radical (unpaired) electrons. The SMILES string of the molecule is Clc1nc2ccccc2cc1CC1CNCCO1. The van der Waals surface area contributed by atoms with E-state index in [1.165, 1.54) is 0 Å². The van der Waals surface area contributed by atoms with Crippen LogP contribution in [0.5, 0.6) is 0 Å². The van der Waals surface area contributed by atoms with Crippen molar-refractivity contribution in [2.24, 2.45) is 0 Å². The summed E-state index contributed by atoms with van der Waals surface area (Å²) >= 11 is 6.24. The van der Waals surface area contributed by atoms with E-state index in [2.05, 4.69) is 22.4 Å². The van der Waals surface area contributed by atoms with Crippen molar-refractivity contribution in [2.75, 3.05) is 19.7 Å². The zero-order valence-corrected chi connectivity index (χ0v) is 10.8. The molecule has 1 unspecified atom stereocenters. The molecule has 0 amide bonds. The fourth-order valence-electron chi connectivity index (χ4n) is 2.28. The van der Waals surface area contributed by atoms with E-state index in [4.69, 9.17) is 16.3 Å². The van der Waals surface area contributed by atoms with Gasteiger partial charge >= 0.3 is 0 Å². The van der Waals surface area contributed by atoms with Gasteiger partial charge in [0.05, 0.1) is 18.2 Å². The Balaban J connectivity index is 1.88.